The first kappa shape index (κ1) is 17.5. The normalized spacial score (nSPS) is 11.1. The smallest absolute Gasteiger partial charge is 0.193 e. The van der Waals surface area contributed by atoms with Gasteiger partial charge >= 0.3 is 0 Å². The third-order valence-electron chi connectivity index (χ3n) is 3.11. The molecular formula is C13H22IN7. The Morgan fingerprint density at radius 2 is 2.29 bits per heavy atom. The fourth-order valence-corrected chi connectivity index (χ4v) is 1.99. The van der Waals surface area contributed by atoms with Gasteiger partial charge in [-0.2, -0.15) is 5.10 Å². The summed E-state index contributed by atoms with van der Waals surface area (Å²) in [5.41, 5.74) is 1.24. The minimum atomic E-state index is 0. The maximum atomic E-state index is 4.29. The lowest BCUT2D eigenvalue weighted by molar-refractivity contribution is 0.457. The van der Waals surface area contributed by atoms with Gasteiger partial charge < -0.3 is 14.8 Å². The van der Waals surface area contributed by atoms with E-state index in [4.69, 9.17) is 0 Å². The van der Waals surface area contributed by atoms with Crippen LogP contribution in [0.15, 0.2) is 36.0 Å². The van der Waals surface area contributed by atoms with Crippen molar-refractivity contribution in [1.29, 1.82) is 0 Å². The predicted molar refractivity (Wildman–Crippen MR) is 93.7 cm³/mol. The van der Waals surface area contributed by atoms with Crippen molar-refractivity contribution in [3.05, 3.63) is 36.7 Å². The van der Waals surface area contributed by atoms with Crippen molar-refractivity contribution in [1.82, 2.24) is 29.5 Å². The maximum Gasteiger partial charge on any atom is 0.193 e. The molecule has 8 heteroatoms. The number of halogens is 1. The van der Waals surface area contributed by atoms with Crippen molar-refractivity contribution >= 4 is 29.9 Å². The predicted octanol–water partition coefficient (Wildman–Crippen LogP) is 0.942. The van der Waals surface area contributed by atoms with Crippen LogP contribution in [0.25, 0.3) is 0 Å². The Balaban J connectivity index is 0.00000220. The molecule has 0 unspecified atom stereocenters. The molecule has 21 heavy (non-hydrogen) atoms. The molecule has 0 aliphatic heterocycles. The number of hydrogen-bond donors (Lipinski definition) is 1. The Kier molecular flexibility index (Phi) is 7.20. The van der Waals surface area contributed by atoms with Crippen molar-refractivity contribution < 1.29 is 0 Å². The lowest BCUT2D eigenvalue weighted by Crippen LogP contribution is -2.40. The molecule has 0 atom stereocenters. The zero-order chi connectivity index (χ0) is 14.4. The quantitative estimate of drug-likeness (QED) is 0.459. The molecule has 2 aromatic rings. The average molecular weight is 403 g/mol. The van der Waals surface area contributed by atoms with Crippen molar-refractivity contribution in [3.8, 4) is 0 Å². The highest BCUT2D eigenvalue weighted by Crippen LogP contribution is 2.03. The number of aliphatic imine (C=N–C) groups is 1. The second kappa shape index (κ2) is 8.65. The van der Waals surface area contributed by atoms with E-state index in [-0.39, 0.29) is 24.0 Å². The highest BCUT2D eigenvalue weighted by atomic mass is 127. The van der Waals surface area contributed by atoms with Crippen molar-refractivity contribution in [2.45, 2.75) is 13.1 Å². The van der Waals surface area contributed by atoms with E-state index in [1.807, 2.05) is 26.4 Å². The molecule has 0 radical (unpaired) electrons. The minimum Gasteiger partial charge on any atom is -0.354 e. The summed E-state index contributed by atoms with van der Waals surface area (Å²) in [7, 11) is 5.86. The van der Waals surface area contributed by atoms with Crippen molar-refractivity contribution in [2.75, 3.05) is 20.6 Å². The summed E-state index contributed by atoms with van der Waals surface area (Å²) in [6, 6.07) is 4.16. The van der Waals surface area contributed by atoms with Gasteiger partial charge in [-0.3, -0.25) is 9.67 Å². The van der Waals surface area contributed by atoms with Gasteiger partial charge in [0.25, 0.3) is 0 Å². The first-order valence-electron chi connectivity index (χ1n) is 6.55. The standard InChI is InChI=1S/C13H21N7.HI/c1-14-13(16-6-8-20-11-15-10-17-20)19(3)9-12-5-4-7-18(12)2;/h4-5,7,10-11H,6,8-9H2,1-3H3,(H,14,16);1H. The van der Waals surface area contributed by atoms with Gasteiger partial charge in [-0.1, -0.05) is 0 Å². The maximum absolute atomic E-state index is 4.29. The third kappa shape index (κ3) is 5.03. The van der Waals surface area contributed by atoms with Gasteiger partial charge in [0, 0.05) is 39.6 Å². The Morgan fingerprint density at radius 1 is 1.48 bits per heavy atom. The lowest BCUT2D eigenvalue weighted by Gasteiger charge is -2.22. The molecule has 0 spiro atoms. The highest BCUT2D eigenvalue weighted by molar-refractivity contribution is 14.0. The summed E-state index contributed by atoms with van der Waals surface area (Å²) in [6.07, 6.45) is 5.29. The van der Waals surface area contributed by atoms with Crippen LogP contribution in [0.2, 0.25) is 0 Å². The van der Waals surface area contributed by atoms with Gasteiger partial charge in [0.2, 0.25) is 0 Å². The van der Waals surface area contributed by atoms with Crippen molar-refractivity contribution in [2.24, 2.45) is 12.0 Å². The highest BCUT2D eigenvalue weighted by Gasteiger charge is 2.07. The van der Waals surface area contributed by atoms with Crippen molar-refractivity contribution in [3.63, 3.8) is 0 Å². The van der Waals surface area contributed by atoms with Crippen LogP contribution < -0.4 is 5.32 Å². The van der Waals surface area contributed by atoms with Gasteiger partial charge in [0.1, 0.15) is 12.7 Å². The zero-order valence-corrected chi connectivity index (χ0v) is 14.9. The molecule has 0 amide bonds. The Labute approximate surface area is 142 Å². The molecule has 0 saturated heterocycles. The Hall–Kier alpha value is -1.58. The van der Waals surface area contributed by atoms with Crippen LogP contribution in [0.4, 0.5) is 0 Å². The molecule has 2 rings (SSSR count). The molecule has 1 N–H and O–H groups in total. The molecule has 2 heterocycles. The molecule has 0 aliphatic rings. The second-order valence-electron chi connectivity index (χ2n) is 4.60. The minimum absolute atomic E-state index is 0. The molecule has 0 fully saturated rings. The second-order valence-corrected chi connectivity index (χ2v) is 4.60. The first-order chi connectivity index (χ1) is 9.70. The fourth-order valence-electron chi connectivity index (χ4n) is 1.99. The number of aryl methyl sites for hydroxylation is 1. The monoisotopic (exact) mass is 403 g/mol. The number of aromatic nitrogens is 4. The summed E-state index contributed by atoms with van der Waals surface area (Å²) in [4.78, 5) is 10.3. The van der Waals surface area contributed by atoms with E-state index < -0.39 is 0 Å². The molecular weight excluding hydrogens is 381 g/mol. The van der Waals surface area contributed by atoms with Crippen LogP contribution in [-0.2, 0) is 20.1 Å². The largest absolute Gasteiger partial charge is 0.354 e. The Bertz CT molecular complexity index is 547. The number of nitrogens with zero attached hydrogens (tertiary/aromatic N) is 6. The molecule has 0 aliphatic carbocycles. The Morgan fingerprint density at radius 3 is 2.86 bits per heavy atom. The summed E-state index contributed by atoms with van der Waals surface area (Å²) in [6.45, 7) is 2.33. The molecule has 0 aromatic carbocycles. The molecule has 2 aromatic heterocycles. The molecule has 116 valence electrons. The van der Waals surface area contributed by atoms with E-state index in [2.05, 4.69) is 35.9 Å². The van der Waals surface area contributed by atoms with E-state index >= 15 is 0 Å². The van der Waals surface area contributed by atoms with E-state index in [1.165, 1.54) is 12.0 Å². The summed E-state index contributed by atoms with van der Waals surface area (Å²) in [5.74, 6) is 0.867. The summed E-state index contributed by atoms with van der Waals surface area (Å²) >= 11 is 0. The van der Waals surface area contributed by atoms with E-state index in [0.29, 0.717) is 0 Å². The first-order valence-corrected chi connectivity index (χ1v) is 6.55. The third-order valence-corrected chi connectivity index (χ3v) is 3.11. The lowest BCUT2D eigenvalue weighted by atomic mass is 10.4. The van der Waals surface area contributed by atoms with Crippen LogP contribution in [0.3, 0.4) is 0 Å². The topological polar surface area (TPSA) is 63.3 Å². The zero-order valence-electron chi connectivity index (χ0n) is 12.6. The number of hydrogen-bond acceptors (Lipinski definition) is 3. The van der Waals surface area contributed by atoms with Gasteiger partial charge in [0.05, 0.1) is 13.1 Å². The number of rotatable bonds is 5. The van der Waals surface area contributed by atoms with Crippen LogP contribution in [-0.4, -0.2) is 50.8 Å². The van der Waals surface area contributed by atoms with Gasteiger partial charge in [-0.15, -0.1) is 24.0 Å². The van der Waals surface area contributed by atoms with Crippen LogP contribution in [0.5, 0.6) is 0 Å². The number of nitrogens with one attached hydrogen (secondary N) is 1. The van der Waals surface area contributed by atoms with Gasteiger partial charge in [-0.05, 0) is 12.1 Å². The molecule has 0 saturated carbocycles. The van der Waals surface area contributed by atoms with Crippen LogP contribution >= 0.6 is 24.0 Å². The summed E-state index contributed by atoms with van der Waals surface area (Å²) < 4.78 is 3.90. The van der Waals surface area contributed by atoms with Crippen LogP contribution in [0, 0.1) is 0 Å². The SMILES string of the molecule is CN=C(NCCn1cncn1)N(C)Cc1cccn1C.I. The van der Waals surface area contributed by atoms with E-state index in [0.717, 1.165) is 25.6 Å². The fraction of sp³-hybridized carbons (Fsp3) is 0.462. The molecule has 7 nitrogen and oxygen atoms in total. The van der Waals surface area contributed by atoms with Gasteiger partial charge in [-0.25, -0.2) is 4.98 Å². The summed E-state index contributed by atoms with van der Waals surface area (Å²) in [5, 5.41) is 7.38. The van der Waals surface area contributed by atoms with E-state index in [1.54, 1.807) is 18.1 Å². The average Bonchev–Trinajstić information content (AvgIpc) is 3.07. The molecule has 0 bridgehead atoms. The van der Waals surface area contributed by atoms with Gasteiger partial charge in [0.15, 0.2) is 5.96 Å². The van der Waals surface area contributed by atoms with E-state index in [9.17, 15) is 0 Å². The number of guanidine groups is 1. The van der Waals surface area contributed by atoms with Crippen LogP contribution in [0.1, 0.15) is 5.69 Å².